The fourth-order valence-electron chi connectivity index (χ4n) is 8.07. The number of unbranched alkanes of at least 4 members (excludes halogenated alkanes) is 3. The van der Waals surface area contributed by atoms with Crippen LogP contribution in [0.4, 0.5) is 5.69 Å². The van der Waals surface area contributed by atoms with Gasteiger partial charge in [-0.15, -0.1) is 24.9 Å². The molecule has 46 heavy (non-hydrogen) atoms. The smallest absolute Gasteiger partial charge is 0.251 e. The Bertz CT molecular complexity index is 1450. The molecule has 2 bridgehead atoms. The van der Waals surface area contributed by atoms with Gasteiger partial charge in [-0.2, -0.15) is 0 Å². The first-order chi connectivity index (χ1) is 22.2. The maximum atomic E-state index is 15.0. The average molecular weight is 644 g/mol. The predicted octanol–water partition coefficient (Wildman–Crippen LogP) is 5.93. The van der Waals surface area contributed by atoms with E-state index in [2.05, 4.69) is 20.1 Å². The SMILES string of the molecule is C=CCN(Cc1ccccc1)C(=O)[C@@H]1[C@@H]2CC(C)C3(S2)C(C(=O)N(CC=C)c2cc(C)ccc2C)N(CCCCCCO)C(=O)[C@H]13. The van der Waals surface area contributed by atoms with E-state index >= 15 is 4.79 Å². The van der Waals surface area contributed by atoms with Crippen molar-refractivity contribution in [3.63, 3.8) is 0 Å². The van der Waals surface area contributed by atoms with E-state index in [1.165, 1.54) is 0 Å². The summed E-state index contributed by atoms with van der Waals surface area (Å²) in [6, 6.07) is 15.3. The lowest BCUT2D eigenvalue weighted by Gasteiger charge is -2.41. The topological polar surface area (TPSA) is 81.2 Å². The number of hydrogen-bond donors (Lipinski definition) is 1. The highest BCUT2D eigenvalue weighted by molar-refractivity contribution is 8.02. The van der Waals surface area contributed by atoms with Crippen LogP contribution in [0, 0.1) is 31.6 Å². The van der Waals surface area contributed by atoms with Crippen molar-refractivity contribution >= 4 is 35.2 Å². The Morgan fingerprint density at radius 3 is 2.43 bits per heavy atom. The third-order valence-corrected chi connectivity index (χ3v) is 12.3. The molecule has 5 rings (SSSR count). The summed E-state index contributed by atoms with van der Waals surface area (Å²) in [5, 5.41) is 9.26. The van der Waals surface area contributed by atoms with Crippen LogP contribution in [0.5, 0.6) is 0 Å². The lowest BCUT2D eigenvalue weighted by molar-refractivity contribution is -0.144. The number of anilines is 1. The van der Waals surface area contributed by atoms with Crippen LogP contribution in [-0.2, 0) is 20.9 Å². The van der Waals surface area contributed by atoms with Gasteiger partial charge in [0.2, 0.25) is 11.8 Å². The van der Waals surface area contributed by atoms with E-state index < -0.39 is 22.6 Å². The fourth-order valence-corrected chi connectivity index (χ4v) is 10.5. The Morgan fingerprint density at radius 1 is 1.02 bits per heavy atom. The van der Waals surface area contributed by atoms with Crippen LogP contribution in [-0.4, -0.2) is 74.9 Å². The minimum Gasteiger partial charge on any atom is -0.396 e. The molecule has 0 aromatic heterocycles. The van der Waals surface area contributed by atoms with Gasteiger partial charge >= 0.3 is 0 Å². The van der Waals surface area contributed by atoms with Crippen LogP contribution in [0.2, 0.25) is 0 Å². The van der Waals surface area contributed by atoms with Crippen molar-refractivity contribution in [1.29, 1.82) is 0 Å². The van der Waals surface area contributed by atoms with Gasteiger partial charge in [0.15, 0.2) is 0 Å². The molecule has 2 aromatic carbocycles. The summed E-state index contributed by atoms with van der Waals surface area (Å²) in [7, 11) is 0. The van der Waals surface area contributed by atoms with Crippen molar-refractivity contribution in [2.24, 2.45) is 17.8 Å². The van der Waals surface area contributed by atoms with Crippen LogP contribution < -0.4 is 4.90 Å². The largest absolute Gasteiger partial charge is 0.396 e. The molecule has 6 atom stereocenters. The van der Waals surface area contributed by atoms with Crippen molar-refractivity contribution in [2.75, 3.05) is 31.1 Å². The first kappa shape index (κ1) is 34.0. The molecule has 1 spiro atoms. The summed E-state index contributed by atoms with van der Waals surface area (Å²) in [5.74, 6) is -1.18. The number of thioether (sulfide) groups is 1. The minimum atomic E-state index is -0.700. The molecule has 3 aliphatic rings. The van der Waals surface area contributed by atoms with Gasteiger partial charge in [-0.05, 0) is 61.8 Å². The van der Waals surface area contributed by atoms with Crippen molar-refractivity contribution < 1.29 is 19.5 Å². The minimum absolute atomic E-state index is 0.0261. The van der Waals surface area contributed by atoms with Crippen molar-refractivity contribution in [2.45, 2.75) is 75.5 Å². The number of nitrogens with zero attached hydrogens (tertiary/aromatic N) is 3. The zero-order chi connectivity index (χ0) is 33.0. The molecular weight excluding hydrogens is 595 g/mol. The Labute approximate surface area is 278 Å². The molecule has 1 N–H and O–H groups in total. The number of carbonyl (C=O) groups excluding carboxylic acids is 3. The zero-order valence-corrected chi connectivity index (χ0v) is 28.4. The van der Waals surface area contributed by atoms with Gasteiger partial charge in [-0.1, -0.05) is 74.4 Å². The normalized spacial score (nSPS) is 26.2. The molecule has 3 heterocycles. The highest BCUT2D eigenvalue weighted by Gasteiger charge is 2.76. The van der Waals surface area contributed by atoms with Crippen LogP contribution in [0.1, 0.15) is 55.7 Å². The monoisotopic (exact) mass is 643 g/mol. The van der Waals surface area contributed by atoms with E-state index in [0.29, 0.717) is 32.6 Å². The van der Waals surface area contributed by atoms with E-state index in [4.69, 9.17) is 0 Å². The Balaban J connectivity index is 1.54. The van der Waals surface area contributed by atoms with E-state index in [0.717, 1.165) is 48.1 Å². The Hall–Kier alpha value is -3.36. The number of aryl methyl sites for hydroxylation is 2. The van der Waals surface area contributed by atoms with E-state index in [-0.39, 0.29) is 35.5 Å². The highest BCUT2D eigenvalue weighted by Crippen LogP contribution is 2.69. The number of rotatable bonds is 15. The van der Waals surface area contributed by atoms with Gasteiger partial charge in [0.25, 0.3) is 5.91 Å². The maximum absolute atomic E-state index is 15.0. The Morgan fingerprint density at radius 2 is 1.74 bits per heavy atom. The van der Waals surface area contributed by atoms with Crippen molar-refractivity contribution in [3.05, 3.63) is 90.5 Å². The number of likely N-dealkylation sites (tertiary alicyclic amines) is 1. The molecule has 3 amide bonds. The zero-order valence-electron chi connectivity index (χ0n) is 27.6. The number of benzene rings is 2. The maximum Gasteiger partial charge on any atom is 0.251 e. The molecule has 2 aromatic rings. The number of carbonyl (C=O) groups is 3. The number of fused-ring (bicyclic) bond motifs is 1. The molecule has 3 fully saturated rings. The fraction of sp³-hybridized carbons (Fsp3) is 0.500. The van der Waals surface area contributed by atoms with Gasteiger partial charge in [-0.3, -0.25) is 14.4 Å². The average Bonchev–Trinajstić information content (AvgIpc) is 3.64. The first-order valence-electron chi connectivity index (χ1n) is 16.7. The highest BCUT2D eigenvalue weighted by atomic mass is 32.2. The molecule has 246 valence electrons. The summed E-state index contributed by atoms with van der Waals surface area (Å²) in [4.78, 5) is 49.8. The van der Waals surface area contributed by atoms with Crippen LogP contribution in [0.25, 0.3) is 0 Å². The molecular formula is C38H49N3O4S. The molecule has 3 aliphatic heterocycles. The molecule has 8 heteroatoms. The number of hydrogen-bond acceptors (Lipinski definition) is 5. The van der Waals surface area contributed by atoms with Gasteiger partial charge in [-0.25, -0.2) is 0 Å². The molecule has 3 unspecified atom stereocenters. The third-order valence-electron chi connectivity index (χ3n) is 10.2. The lowest BCUT2D eigenvalue weighted by atomic mass is 9.65. The molecule has 7 nitrogen and oxygen atoms in total. The summed E-state index contributed by atoms with van der Waals surface area (Å²) >= 11 is 1.72. The van der Waals surface area contributed by atoms with Crippen LogP contribution >= 0.6 is 11.8 Å². The van der Waals surface area contributed by atoms with Crippen molar-refractivity contribution in [1.82, 2.24) is 9.80 Å². The first-order valence-corrected chi connectivity index (χ1v) is 17.6. The summed E-state index contributed by atoms with van der Waals surface area (Å²) in [6.45, 7) is 15.8. The molecule has 0 saturated carbocycles. The second-order valence-electron chi connectivity index (χ2n) is 13.2. The molecule has 3 saturated heterocycles. The van der Waals surface area contributed by atoms with Gasteiger partial charge in [0.1, 0.15) is 6.04 Å². The summed E-state index contributed by atoms with van der Waals surface area (Å²) < 4.78 is -0.700. The second kappa shape index (κ2) is 14.6. The predicted molar refractivity (Wildman–Crippen MR) is 186 cm³/mol. The van der Waals surface area contributed by atoms with E-state index in [1.54, 1.807) is 28.8 Å². The second-order valence-corrected chi connectivity index (χ2v) is 14.8. The van der Waals surface area contributed by atoms with Crippen molar-refractivity contribution in [3.8, 4) is 0 Å². The van der Waals surface area contributed by atoms with Gasteiger partial charge in [0.05, 0.1) is 16.6 Å². The molecule has 0 aliphatic carbocycles. The summed E-state index contributed by atoms with van der Waals surface area (Å²) in [5.41, 5.74) is 3.90. The van der Waals surface area contributed by atoms with Gasteiger partial charge in [0, 0.05) is 43.7 Å². The van der Waals surface area contributed by atoms with Crippen LogP contribution in [0.15, 0.2) is 73.8 Å². The number of amides is 3. The number of aliphatic hydroxyl groups is 1. The third kappa shape index (κ3) is 6.18. The quantitative estimate of drug-likeness (QED) is 0.192. The number of aliphatic hydroxyl groups excluding tert-OH is 1. The van der Waals surface area contributed by atoms with E-state index in [1.807, 2.05) is 72.2 Å². The summed E-state index contributed by atoms with van der Waals surface area (Å²) in [6.07, 6.45) is 7.46. The molecule has 0 radical (unpaired) electrons. The van der Waals surface area contributed by atoms with Gasteiger partial charge < -0.3 is 19.8 Å². The standard InChI is InChI=1S/C38H49N3O4S/c1-6-19-39(25-29-15-11-10-12-16-29)35(43)32-31-24-28(5)38(46-31)33(32)36(44)41(21-13-8-9-14-22-42)34(38)37(45)40(20-7-2)30-23-26(3)17-18-27(30)4/h6-7,10-12,15-18,23,28,31-34,42H,1-2,8-9,13-14,19-22,24-25H2,3-5H3/t28?,31-,32+,33-,34?,38?/m0/s1. The van der Waals surface area contributed by atoms with E-state index in [9.17, 15) is 14.7 Å². The lowest BCUT2D eigenvalue weighted by Crippen LogP contribution is -2.57. The Kier molecular flexibility index (Phi) is 10.8. The van der Waals surface area contributed by atoms with Crippen LogP contribution in [0.3, 0.4) is 0 Å².